The average molecular weight is 474 g/mol. The predicted octanol–water partition coefficient (Wildman–Crippen LogP) is 3.15. The Morgan fingerprint density at radius 2 is 1.91 bits per heavy atom. The van der Waals surface area contributed by atoms with Crippen molar-refractivity contribution in [3.63, 3.8) is 0 Å². The van der Waals surface area contributed by atoms with Gasteiger partial charge in [-0.25, -0.2) is 4.79 Å². The number of ether oxygens (including phenoxy) is 2. The van der Waals surface area contributed by atoms with Crippen molar-refractivity contribution >= 4 is 45.5 Å². The molecule has 0 spiro atoms. The van der Waals surface area contributed by atoms with Crippen LogP contribution in [0.4, 0.5) is 5.00 Å². The number of thiocarbonyl (C=S) groups is 1. The van der Waals surface area contributed by atoms with Crippen molar-refractivity contribution in [3.8, 4) is 0 Å². The lowest BCUT2D eigenvalue weighted by atomic mass is 10.1. The Morgan fingerprint density at radius 3 is 2.56 bits per heavy atom. The summed E-state index contributed by atoms with van der Waals surface area (Å²) in [5, 5.41) is 4.48. The SMILES string of the molecule is COC(=O)c1cc(Cc2ccccc2)sc1NC(=S)N1CCN(C(=O)C2CCCO2)CC1. The zero-order valence-electron chi connectivity index (χ0n) is 18.0. The van der Waals surface area contributed by atoms with Gasteiger partial charge < -0.3 is 24.6 Å². The minimum atomic E-state index is -0.391. The summed E-state index contributed by atoms with van der Waals surface area (Å²) in [5.41, 5.74) is 1.66. The molecule has 9 heteroatoms. The van der Waals surface area contributed by atoms with Crippen LogP contribution in [0, 0.1) is 0 Å². The molecular formula is C23H27N3O4S2. The van der Waals surface area contributed by atoms with E-state index in [1.807, 2.05) is 34.1 Å². The number of carbonyl (C=O) groups excluding carboxylic acids is 2. The summed E-state index contributed by atoms with van der Waals surface area (Å²) in [4.78, 5) is 29.8. The van der Waals surface area contributed by atoms with Crippen molar-refractivity contribution < 1.29 is 19.1 Å². The van der Waals surface area contributed by atoms with E-state index in [1.165, 1.54) is 24.0 Å². The molecule has 1 aromatic carbocycles. The van der Waals surface area contributed by atoms with Crippen LogP contribution in [0.15, 0.2) is 36.4 Å². The molecule has 2 aliphatic heterocycles. The van der Waals surface area contributed by atoms with Crippen molar-refractivity contribution in [1.29, 1.82) is 0 Å². The van der Waals surface area contributed by atoms with E-state index in [0.717, 1.165) is 24.1 Å². The summed E-state index contributed by atoms with van der Waals surface area (Å²) in [7, 11) is 1.38. The number of methoxy groups -OCH3 is 1. The maximum absolute atomic E-state index is 12.6. The lowest BCUT2D eigenvalue weighted by Gasteiger charge is -2.37. The molecule has 1 amide bonds. The molecule has 1 unspecified atom stereocenters. The van der Waals surface area contributed by atoms with Crippen LogP contribution in [-0.4, -0.2) is 72.8 Å². The minimum Gasteiger partial charge on any atom is -0.465 e. The molecule has 1 aromatic heterocycles. The highest BCUT2D eigenvalue weighted by molar-refractivity contribution is 7.80. The lowest BCUT2D eigenvalue weighted by molar-refractivity contribution is -0.142. The number of esters is 1. The van der Waals surface area contributed by atoms with Crippen LogP contribution in [0.2, 0.25) is 0 Å². The number of hydrogen-bond donors (Lipinski definition) is 1. The molecule has 0 aliphatic carbocycles. The molecule has 7 nitrogen and oxygen atoms in total. The fourth-order valence-corrected chi connectivity index (χ4v) is 5.39. The second-order valence-electron chi connectivity index (χ2n) is 7.85. The molecule has 1 atom stereocenters. The van der Waals surface area contributed by atoms with Gasteiger partial charge in [-0.15, -0.1) is 11.3 Å². The van der Waals surface area contributed by atoms with Gasteiger partial charge in [0.05, 0.1) is 12.7 Å². The van der Waals surface area contributed by atoms with Crippen molar-refractivity contribution in [2.24, 2.45) is 0 Å². The third kappa shape index (κ3) is 5.28. The Kier molecular flexibility index (Phi) is 7.39. The maximum Gasteiger partial charge on any atom is 0.340 e. The second-order valence-corrected chi connectivity index (χ2v) is 9.38. The molecule has 0 radical (unpaired) electrons. The number of hydrogen-bond acceptors (Lipinski definition) is 6. The molecule has 4 rings (SSSR count). The molecule has 2 saturated heterocycles. The highest BCUT2D eigenvalue weighted by Crippen LogP contribution is 2.31. The van der Waals surface area contributed by atoms with Gasteiger partial charge in [0.25, 0.3) is 5.91 Å². The zero-order valence-corrected chi connectivity index (χ0v) is 19.7. The number of nitrogens with zero attached hydrogens (tertiary/aromatic N) is 2. The molecule has 170 valence electrons. The number of benzene rings is 1. The van der Waals surface area contributed by atoms with Gasteiger partial charge in [0.15, 0.2) is 5.11 Å². The van der Waals surface area contributed by atoms with Crippen LogP contribution in [-0.2, 0) is 20.7 Å². The Balaban J connectivity index is 1.39. The molecule has 2 aromatic rings. The van der Waals surface area contributed by atoms with E-state index < -0.39 is 5.97 Å². The van der Waals surface area contributed by atoms with Gasteiger partial charge in [0, 0.05) is 44.1 Å². The molecule has 2 aliphatic rings. The number of carbonyl (C=O) groups is 2. The summed E-state index contributed by atoms with van der Waals surface area (Å²) < 4.78 is 10.5. The molecule has 32 heavy (non-hydrogen) atoms. The topological polar surface area (TPSA) is 71.1 Å². The largest absolute Gasteiger partial charge is 0.465 e. The zero-order chi connectivity index (χ0) is 22.5. The highest BCUT2D eigenvalue weighted by atomic mass is 32.1. The quantitative estimate of drug-likeness (QED) is 0.528. The first-order valence-corrected chi connectivity index (χ1v) is 12.0. The minimum absolute atomic E-state index is 0.0813. The van der Waals surface area contributed by atoms with Gasteiger partial charge in [0.2, 0.25) is 0 Å². The second kappa shape index (κ2) is 10.4. The van der Waals surface area contributed by atoms with E-state index in [2.05, 4.69) is 17.4 Å². The van der Waals surface area contributed by atoms with Gasteiger partial charge in [0.1, 0.15) is 11.1 Å². The maximum atomic E-state index is 12.6. The van der Waals surface area contributed by atoms with Crippen molar-refractivity contribution in [2.45, 2.75) is 25.4 Å². The number of nitrogens with one attached hydrogen (secondary N) is 1. The van der Waals surface area contributed by atoms with Gasteiger partial charge in [-0.3, -0.25) is 4.79 Å². The summed E-state index contributed by atoms with van der Waals surface area (Å²) in [6.45, 7) is 3.16. The Hall–Kier alpha value is -2.49. The summed E-state index contributed by atoms with van der Waals surface area (Å²) >= 11 is 7.14. The fourth-order valence-electron chi connectivity index (χ4n) is 3.96. The molecule has 0 bridgehead atoms. The van der Waals surface area contributed by atoms with Crippen molar-refractivity contribution in [2.75, 3.05) is 45.2 Å². The Labute approximate surface area is 197 Å². The van der Waals surface area contributed by atoms with Gasteiger partial charge >= 0.3 is 5.97 Å². The van der Waals surface area contributed by atoms with Crippen molar-refractivity contribution in [3.05, 3.63) is 52.4 Å². The Morgan fingerprint density at radius 1 is 1.19 bits per heavy atom. The number of piperazine rings is 1. The van der Waals surface area contributed by atoms with Crippen LogP contribution in [0.5, 0.6) is 0 Å². The van der Waals surface area contributed by atoms with Crippen LogP contribution in [0.1, 0.15) is 33.6 Å². The van der Waals surface area contributed by atoms with E-state index in [9.17, 15) is 9.59 Å². The van der Waals surface area contributed by atoms with E-state index in [-0.39, 0.29) is 12.0 Å². The standard InChI is InChI=1S/C23H27N3O4S2/c1-29-22(28)18-15-17(14-16-6-3-2-4-7-16)32-20(18)24-23(31)26-11-9-25(10-12-26)21(27)19-8-5-13-30-19/h2-4,6-7,15,19H,5,8-14H2,1H3,(H,24,31). The number of anilines is 1. The predicted molar refractivity (Wildman–Crippen MR) is 128 cm³/mol. The van der Waals surface area contributed by atoms with E-state index in [0.29, 0.717) is 48.5 Å². The molecule has 2 fully saturated rings. The smallest absolute Gasteiger partial charge is 0.340 e. The number of thiophene rings is 1. The lowest BCUT2D eigenvalue weighted by Crippen LogP contribution is -2.53. The third-order valence-corrected chi connectivity index (χ3v) is 7.12. The Bertz CT molecular complexity index is 965. The van der Waals surface area contributed by atoms with Crippen LogP contribution in [0.25, 0.3) is 0 Å². The van der Waals surface area contributed by atoms with Gasteiger partial charge in [-0.2, -0.15) is 0 Å². The summed E-state index contributed by atoms with van der Waals surface area (Å²) in [6, 6.07) is 12.0. The van der Waals surface area contributed by atoms with Gasteiger partial charge in [-0.1, -0.05) is 30.3 Å². The first kappa shape index (κ1) is 22.7. The average Bonchev–Trinajstić information content (AvgIpc) is 3.49. The number of rotatable bonds is 5. The first-order valence-electron chi connectivity index (χ1n) is 10.8. The molecular weight excluding hydrogens is 446 g/mol. The summed E-state index contributed by atoms with van der Waals surface area (Å²) in [6.07, 6.45) is 2.19. The van der Waals surface area contributed by atoms with Crippen LogP contribution < -0.4 is 5.32 Å². The fraction of sp³-hybridized carbons (Fsp3) is 0.435. The van der Waals surface area contributed by atoms with Crippen LogP contribution >= 0.6 is 23.6 Å². The van der Waals surface area contributed by atoms with E-state index in [1.54, 1.807) is 0 Å². The number of amides is 1. The monoisotopic (exact) mass is 473 g/mol. The normalized spacial score (nSPS) is 18.5. The molecule has 1 N–H and O–H groups in total. The highest BCUT2D eigenvalue weighted by Gasteiger charge is 2.31. The van der Waals surface area contributed by atoms with Crippen LogP contribution in [0.3, 0.4) is 0 Å². The van der Waals surface area contributed by atoms with Crippen molar-refractivity contribution in [1.82, 2.24) is 9.80 Å². The van der Waals surface area contributed by atoms with Gasteiger partial charge in [-0.05, 0) is 36.7 Å². The van der Waals surface area contributed by atoms with E-state index in [4.69, 9.17) is 21.7 Å². The van der Waals surface area contributed by atoms with E-state index >= 15 is 0 Å². The first-order chi connectivity index (χ1) is 15.5. The third-order valence-electron chi connectivity index (χ3n) is 5.71. The molecule has 0 saturated carbocycles. The molecule has 3 heterocycles. The summed E-state index contributed by atoms with van der Waals surface area (Å²) in [5.74, 6) is -0.310.